The average molecular weight is 269 g/mol. The summed E-state index contributed by atoms with van der Waals surface area (Å²) in [4.78, 5) is 15.7. The fraction of sp³-hybridized carbons (Fsp3) is 0.0667. The first-order chi connectivity index (χ1) is 9.65. The van der Waals surface area contributed by atoms with Gasteiger partial charge in [0.25, 0.3) is 0 Å². The number of carbonyl (C=O) groups is 1. The van der Waals surface area contributed by atoms with Crippen molar-refractivity contribution in [2.75, 3.05) is 5.32 Å². The van der Waals surface area contributed by atoms with Crippen molar-refractivity contribution in [2.45, 2.75) is 6.92 Å². The van der Waals surface area contributed by atoms with Crippen LogP contribution in [0.1, 0.15) is 6.92 Å². The second-order valence-electron chi connectivity index (χ2n) is 4.42. The lowest BCUT2D eigenvalue weighted by Crippen LogP contribution is -2.11. The highest BCUT2D eigenvalue weighted by molar-refractivity contribution is 5.90. The zero-order valence-electron chi connectivity index (χ0n) is 10.8. The quantitative estimate of drug-likeness (QED) is 0.777. The molecule has 0 spiro atoms. The Bertz CT molecular complexity index is 777. The number of benzene rings is 2. The minimum Gasteiger partial charge on any atom is -0.296 e. The van der Waals surface area contributed by atoms with Gasteiger partial charge in [-0.05, 0) is 36.4 Å². The van der Waals surface area contributed by atoms with Crippen LogP contribution >= 0.6 is 0 Å². The van der Waals surface area contributed by atoms with Crippen molar-refractivity contribution in [1.29, 1.82) is 0 Å². The number of carbonyl (C=O) groups excluding carboxylic acids is 1. The molecule has 20 heavy (non-hydrogen) atoms. The monoisotopic (exact) mass is 269 g/mol. The SMILES string of the molecule is CC(=O)Nc1nc2ccccc2n1-c1ccc(F)cc1. The van der Waals surface area contributed by atoms with Gasteiger partial charge in [-0.2, -0.15) is 0 Å². The topological polar surface area (TPSA) is 46.9 Å². The fourth-order valence-corrected chi connectivity index (χ4v) is 2.12. The van der Waals surface area contributed by atoms with Crippen LogP contribution in [0.4, 0.5) is 10.3 Å². The maximum atomic E-state index is 13.1. The standard InChI is InChI=1S/C15H12FN3O/c1-10(20)17-15-18-13-4-2-3-5-14(13)19(15)12-8-6-11(16)7-9-12/h2-9H,1H3,(H,17,18,20). The van der Waals surface area contributed by atoms with Crippen LogP contribution in [0.25, 0.3) is 16.7 Å². The van der Waals surface area contributed by atoms with Crippen LogP contribution in [-0.4, -0.2) is 15.5 Å². The number of halogens is 1. The molecule has 0 aliphatic rings. The smallest absolute Gasteiger partial charge is 0.223 e. The van der Waals surface area contributed by atoms with E-state index in [0.29, 0.717) is 5.95 Å². The number of para-hydroxylation sites is 2. The molecule has 1 heterocycles. The van der Waals surface area contributed by atoms with Gasteiger partial charge in [-0.3, -0.25) is 14.7 Å². The van der Waals surface area contributed by atoms with Gasteiger partial charge in [-0.1, -0.05) is 12.1 Å². The maximum absolute atomic E-state index is 13.1. The molecule has 0 aliphatic heterocycles. The first-order valence-corrected chi connectivity index (χ1v) is 6.16. The Labute approximate surface area is 114 Å². The molecule has 2 aromatic carbocycles. The second kappa shape index (κ2) is 4.77. The van der Waals surface area contributed by atoms with Gasteiger partial charge in [0.05, 0.1) is 11.0 Å². The van der Waals surface area contributed by atoms with E-state index in [0.717, 1.165) is 16.7 Å². The van der Waals surface area contributed by atoms with Crippen LogP contribution in [0.15, 0.2) is 48.5 Å². The molecule has 0 aliphatic carbocycles. The molecule has 0 atom stereocenters. The van der Waals surface area contributed by atoms with Crippen molar-refractivity contribution in [3.05, 3.63) is 54.3 Å². The number of anilines is 1. The molecule has 3 aromatic rings. The zero-order valence-corrected chi connectivity index (χ0v) is 10.8. The largest absolute Gasteiger partial charge is 0.296 e. The molecule has 4 nitrogen and oxygen atoms in total. The normalized spacial score (nSPS) is 10.7. The highest BCUT2D eigenvalue weighted by Crippen LogP contribution is 2.24. The van der Waals surface area contributed by atoms with Gasteiger partial charge in [0.1, 0.15) is 5.82 Å². The predicted molar refractivity (Wildman–Crippen MR) is 75.3 cm³/mol. The summed E-state index contributed by atoms with van der Waals surface area (Å²) in [6.45, 7) is 1.42. The van der Waals surface area contributed by atoms with Crippen LogP contribution < -0.4 is 5.32 Å². The lowest BCUT2D eigenvalue weighted by atomic mass is 10.3. The van der Waals surface area contributed by atoms with Crippen molar-refractivity contribution in [3.63, 3.8) is 0 Å². The Hall–Kier alpha value is -2.69. The number of imidazole rings is 1. The van der Waals surface area contributed by atoms with Crippen LogP contribution in [0.3, 0.4) is 0 Å². The van der Waals surface area contributed by atoms with Crippen LogP contribution in [0.5, 0.6) is 0 Å². The molecule has 0 bridgehead atoms. The minimum atomic E-state index is -0.306. The van der Waals surface area contributed by atoms with E-state index in [1.807, 2.05) is 24.3 Å². The molecule has 0 unspecified atom stereocenters. The Kier molecular flexibility index (Phi) is 2.95. The summed E-state index contributed by atoms with van der Waals surface area (Å²) >= 11 is 0. The maximum Gasteiger partial charge on any atom is 0.223 e. The van der Waals surface area contributed by atoms with Crippen molar-refractivity contribution in [1.82, 2.24) is 9.55 Å². The van der Waals surface area contributed by atoms with E-state index in [1.54, 1.807) is 16.7 Å². The van der Waals surface area contributed by atoms with Crippen molar-refractivity contribution >= 4 is 22.9 Å². The van der Waals surface area contributed by atoms with Crippen LogP contribution in [0, 0.1) is 5.82 Å². The molecule has 0 radical (unpaired) electrons. The number of nitrogens with zero attached hydrogens (tertiary/aromatic N) is 2. The van der Waals surface area contributed by atoms with E-state index < -0.39 is 0 Å². The van der Waals surface area contributed by atoms with Gasteiger partial charge < -0.3 is 0 Å². The third kappa shape index (κ3) is 2.14. The molecule has 1 aromatic heterocycles. The Morgan fingerprint density at radius 2 is 1.85 bits per heavy atom. The number of hydrogen-bond acceptors (Lipinski definition) is 2. The third-order valence-electron chi connectivity index (χ3n) is 2.93. The fourth-order valence-electron chi connectivity index (χ4n) is 2.12. The van der Waals surface area contributed by atoms with Gasteiger partial charge in [-0.25, -0.2) is 9.37 Å². The molecule has 5 heteroatoms. The highest BCUT2D eigenvalue weighted by Gasteiger charge is 2.12. The number of hydrogen-bond donors (Lipinski definition) is 1. The molecule has 100 valence electrons. The van der Waals surface area contributed by atoms with Gasteiger partial charge in [0.15, 0.2) is 0 Å². The minimum absolute atomic E-state index is 0.205. The number of fused-ring (bicyclic) bond motifs is 1. The average Bonchev–Trinajstić information content (AvgIpc) is 2.77. The number of aromatic nitrogens is 2. The summed E-state index contributed by atoms with van der Waals surface area (Å²) in [5, 5.41) is 2.70. The van der Waals surface area contributed by atoms with E-state index in [-0.39, 0.29) is 11.7 Å². The summed E-state index contributed by atoms with van der Waals surface area (Å²) in [6.07, 6.45) is 0. The third-order valence-corrected chi connectivity index (χ3v) is 2.93. The van der Waals surface area contributed by atoms with Crippen LogP contribution in [0.2, 0.25) is 0 Å². The second-order valence-corrected chi connectivity index (χ2v) is 4.42. The molecule has 1 N–H and O–H groups in total. The summed E-state index contributed by atoms with van der Waals surface area (Å²) in [5.74, 6) is -0.0896. The Balaban J connectivity index is 2.25. The summed E-state index contributed by atoms with van der Waals surface area (Å²) in [6, 6.07) is 13.6. The Morgan fingerprint density at radius 3 is 2.55 bits per heavy atom. The van der Waals surface area contributed by atoms with Crippen molar-refractivity contribution < 1.29 is 9.18 Å². The lowest BCUT2D eigenvalue weighted by molar-refractivity contribution is -0.114. The van der Waals surface area contributed by atoms with Gasteiger partial charge in [-0.15, -0.1) is 0 Å². The highest BCUT2D eigenvalue weighted by atomic mass is 19.1. The number of amides is 1. The van der Waals surface area contributed by atoms with E-state index in [9.17, 15) is 9.18 Å². The van der Waals surface area contributed by atoms with Crippen LogP contribution in [-0.2, 0) is 4.79 Å². The zero-order chi connectivity index (χ0) is 14.1. The molecular formula is C15H12FN3O. The molecule has 0 saturated heterocycles. The summed E-state index contributed by atoms with van der Waals surface area (Å²) < 4.78 is 14.8. The van der Waals surface area contributed by atoms with Gasteiger partial charge in [0.2, 0.25) is 11.9 Å². The summed E-state index contributed by atoms with van der Waals surface area (Å²) in [7, 11) is 0. The molecule has 1 amide bonds. The van der Waals surface area contributed by atoms with Gasteiger partial charge >= 0.3 is 0 Å². The lowest BCUT2D eigenvalue weighted by Gasteiger charge is -2.09. The molecule has 0 saturated carbocycles. The van der Waals surface area contributed by atoms with Gasteiger partial charge in [0, 0.05) is 12.6 Å². The number of nitrogens with one attached hydrogen (secondary N) is 1. The molecule has 0 fully saturated rings. The van der Waals surface area contributed by atoms with E-state index in [2.05, 4.69) is 10.3 Å². The van der Waals surface area contributed by atoms with Crippen molar-refractivity contribution in [2.24, 2.45) is 0 Å². The first-order valence-electron chi connectivity index (χ1n) is 6.16. The molecular weight excluding hydrogens is 257 g/mol. The van der Waals surface area contributed by atoms with E-state index in [4.69, 9.17) is 0 Å². The molecule has 3 rings (SSSR count). The summed E-state index contributed by atoms with van der Waals surface area (Å²) in [5.41, 5.74) is 2.35. The van der Waals surface area contributed by atoms with Crippen molar-refractivity contribution in [3.8, 4) is 5.69 Å². The Morgan fingerprint density at radius 1 is 1.15 bits per heavy atom. The predicted octanol–water partition coefficient (Wildman–Crippen LogP) is 3.12. The van der Waals surface area contributed by atoms with E-state index in [1.165, 1.54) is 19.1 Å². The number of rotatable bonds is 2. The first kappa shape index (κ1) is 12.3. The van der Waals surface area contributed by atoms with E-state index >= 15 is 0 Å².